The number of allylic oxidation sites excluding steroid dienone is 4. The predicted molar refractivity (Wildman–Crippen MR) is 206 cm³/mol. The molecule has 0 aromatic rings. The Morgan fingerprint density at radius 1 is 0.600 bits per heavy atom. The lowest BCUT2D eigenvalue weighted by molar-refractivity contribution is -0.161. The first-order valence-corrected chi connectivity index (χ1v) is 21.8. The third-order valence-corrected chi connectivity index (χ3v) is 9.57. The minimum Gasteiger partial charge on any atom is -0.462 e. The van der Waals surface area contributed by atoms with E-state index in [-0.39, 0.29) is 38.6 Å². The molecule has 1 unspecified atom stereocenters. The Morgan fingerprint density at radius 3 is 1.58 bits per heavy atom. The molecule has 0 amide bonds. The predicted octanol–water partition coefficient (Wildman–Crippen LogP) is 11.2. The van der Waals surface area contributed by atoms with Crippen molar-refractivity contribution in [1.29, 1.82) is 0 Å². The molecule has 0 aliphatic rings. The molecule has 50 heavy (non-hydrogen) atoms. The Kier molecular flexibility index (Phi) is 36.1. The number of phosphoric ester groups is 1. The Balaban J connectivity index is 4.19. The second-order valence-corrected chi connectivity index (χ2v) is 15.0. The van der Waals surface area contributed by atoms with Crippen molar-refractivity contribution in [3.8, 4) is 0 Å². The molecule has 3 N–H and O–H groups in total. The molecule has 0 aliphatic carbocycles. The van der Waals surface area contributed by atoms with Gasteiger partial charge in [-0.15, -0.1) is 0 Å². The van der Waals surface area contributed by atoms with E-state index < -0.39 is 26.5 Å². The van der Waals surface area contributed by atoms with Crippen molar-refractivity contribution in [3.63, 3.8) is 0 Å². The molecule has 10 heteroatoms. The minimum atomic E-state index is -4.37. The van der Waals surface area contributed by atoms with Crippen molar-refractivity contribution in [2.45, 2.75) is 193 Å². The van der Waals surface area contributed by atoms with Gasteiger partial charge < -0.3 is 20.1 Å². The lowest BCUT2D eigenvalue weighted by Gasteiger charge is -2.19. The molecule has 0 heterocycles. The van der Waals surface area contributed by atoms with Crippen LogP contribution in [0.2, 0.25) is 0 Å². The smallest absolute Gasteiger partial charge is 0.462 e. The second kappa shape index (κ2) is 37.3. The molecule has 0 aromatic carbocycles. The van der Waals surface area contributed by atoms with Gasteiger partial charge in [-0.25, -0.2) is 4.57 Å². The number of ether oxygens (including phenoxy) is 2. The molecule has 0 radical (unpaired) electrons. The maximum absolute atomic E-state index is 12.5. The van der Waals surface area contributed by atoms with Crippen LogP contribution >= 0.6 is 7.82 Å². The molecule has 0 bridgehead atoms. The molecule has 0 rings (SSSR count). The normalized spacial score (nSPS) is 13.6. The van der Waals surface area contributed by atoms with Gasteiger partial charge in [0.25, 0.3) is 0 Å². The van der Waals surface area contributed by atoms with Gasteiger partial charge in [0, 0.05) is 19.4 Å². The van der Waals surface area contributed by atoms with E-state index in [0.29, 0.717) is 6.42 Å². The summed E-state index contributed by atoms with van der Waals surface area (Å²) >= 11 is 0. The van der Waals surface area contributed by atoms with Crippen LogP contribution in [0, 0.1) is 0 Å². The molecule has 0 fully saturated rings. The fraction of sp³-hybridized carbons (Fsp3) is 0.850. The van der Waals surface area contributed by atoms with Crippen LogP contribution in [0.15, 0.2) is 24.3 Å². The number of carbonyl (C=O) groups is 2. The van der Waals surface area contributed by atoms with Crippen LogP contribution in [0.1, 0.15) is 187 Å². The lowest BCUT2D eigenvalue weighted by atomic mass is 10.0. The highest BCUT2D eigenvalue weighted by atomic mass is 31.2. The third kappa shape index (κ3) is 36.3. The van der Waals surface area contributed by atoms with Crippen molar-refractivity contribution in [2.24, 2.45) is 5.73 Å². The number of hydrogen-bond acceptors (Lipinski definition) is 8. The zero-order chi connectivity index (χ0) is 36.8. The molecule has 0 saturated heterocycles. The molecule has 0 saturated carbocycles. The van der Waals surface area contributed by atoms with Crippen LogP contribution in [0.3, 0.4) is 0 Å². The number of unbranched alkanes of at least 4 members (excludes halogenated alkanes) is 21. The van der Waals surface area contributed by atoms with Crippen molar-refractivity contribution in [2.75, 3.05) is 26.4 Å². The van der Waals surface area contributed by atoms with Crippen LogP contribution in [-0.2, 0) is 32.7 Å². The largest absolute Gasteiger partial charge is 0.472 e. The monoisotopic (exact) mass is 730 g/mol. The molecular formula is C40H76NO8P. The summed E-state index contributed by atoms with van der Waals surface area (Å²) < 4.78 is 32.7. The maximum Gasteiger partial charge on any atom is 0.472 e. The van der Waals surface area contributed by atoms with Gasteiger partial charge in [0.2, 0.25) is 0 Å². The average Bonchev–Trinajstić information content (AvgIpc) is 3.10. The van der Waals surface area contributed by atoms with Crippen LogP contribution in [0.4, 0.5) is 0 Å². The van der Waals surface area contributed by atoms with E-state index in [2.05, 4.69) is 38.2 Å². The highest BCUT2D eigenvalue weighted by molar-refractivity contribution is 7.47. The van der Waals surface area contributed by atoms with Crippen molar-refractivity contribution >= 4 is 19.8 Å². The molecule has 2 atom stereocenters. The lowest BCUT2D eigenvalue weighted by Crippen LogP contribution is -2.29. The summed E-state index contributed by atoms with van der Waals surface area (Å²) in [4.78, 5) is 34.8. The van der Waals surface area contributed by atoms with E-state index in [1.54, 1.807) is 0 Å². The second-order valence-electron chi connectivity index (χ2n) is 13.5. The summed E-state index contributed by atoms with van der Waals surface area (Å²) in [5.41, 5.74) is 5.34. The van der Waals surface area contributed by atoms with Gasteiger partial charge in [0.05, 0.1) is 13.2 Å². The number of carbonyl (C=O) groups excluding carboxylic acids is 2. The molecule has 294 valence electrons. The fourth-order valence-corrected chi connectivity index (χ4v) is 6.30. The number of rotatable bonds is 38. The maximum atomic E-state index is 12.5. The van der Waals surface area contributed by atoms with Gasteiger partial charge in [-0.1, -0.05) is 160 Å². The van der Waals surface area contributed by atoms with Crippen molar-refractivity contribution in [1.82, 2.24) is 0 Å². The Bertz CT molecular complexity index is 881. The van der Waals surface area contributed by atoms with Crippen LogP contribution < -0.4 is 5.73 Å². The van der Waals surface area contributed by atoms with E-state index in [4.69, 9.17) is 24.3 Å². The van der Waals surface area contributed by atoms with Gasteiger partial charge in [0.1, 0.15) is 6.61 Å². The van der Waals surface area contributed by atoms with Crippen LogP contribution in [0.5, 0.6) is 0 Å². The molecule has 0 aromatic heterocycles. The highest BCUT2D eigenvalue weighted by Gasteiger charge is 2.26. The standard InChI is InChI=1S/C40H76NO8P/c1-3-5-7-9-11-13-15-17-19-21-22-24-26-28-30-32-39(42)46-36-38(37-48-50(44,45)47-35-34-41)49-40(43)33-31-29-27-25-23-20-18-16-14-12-10-8-6-4-2/h10,12,16,18,38H,3-9,11,13-15,17,19-37,41H2,1-2H3,(H,44,45)/b12-10+,18-16+/t38-/m1/s1. The zero-order valence-corrected chi connectivity index (χ0v) is 33.0. The summed E-state index contributed by atoms with van der Waals surface area (Å²) in [5, 5.41) is 0. The van der Waals surface area contributed by atoms with Crippen LogP contribution in [-0.4, -0.2) is 49.3 Å². The SMILES string of the molecule is CCCC/C=C/C/C=C/CCCCCCCC(=O)O[C@H](COC(=O)CCCCCCCCCCCCCCCCC)COP(=O)(O)OCCN. The Hall–Kier alpha value is -1.51. The third-order valence-electron chi connectivity index (χ3n) is 8.59. The molecular weight excluding hydrogens is 653 g/mol. The van der Waals surface area contributed by atoms with Crippen molar-refractivity contribution in [3.05, 3.63) is 24.3 Å². The fourth-order valence-electron chi connectivity index (χ4n) is 5.53. The Labute approximate surface area is 306 Å². The molecule has 0 spiro atoms. The summed E-state index contributed by atoms with van der Waals surface area (Å²) in [6, 6.07) is 0. The first-order valence-electron chi connectivity index (χ1n) is 20.3. The first kappa shape index (κ1) is 48.5. The van der Waals surface area contributed by atoms with Crippen LogP contribution in [0.25, 0.3) is 0 Å². The number of esters is 2. The highest BCUT2D eigenvalue weighted by Crippen LogP contribution is 2.43. The van der Waals surface area contributed by atoms with E-state index in [0.717, 1.165) is 64.2 Å². The number of phosphoric acid groups is 1. The summed E-state index contributed by atoms with van der Waals surface area (Å²) in [5.74, 6) is -0.840. The van der Waals surface area contributed by atoms with E-state index >= 15 is 0 Å². The van der Waals surface area contributed by atoms with E-state index in [1.165, 1.54) is 89.9 Å². The summed E-state index contributed by atoms with van der Waals surface area (Å²) in [6.45, 7) is 3.68. The molecule has 0 aliphatic heterocycles. The average molecular weight is 730 g/mol. The molecule has 9 nitrogen and oxygen atoms in total. The zero-order valence-electron chi connectivity index (χ0n) is 32.1. The minimum absolute atomic E-state index is 0.0523. The number of nitrogens with two attached hydrogens (primary N) is 1. The summed E-state index contributed by atoms with van der Waals surface area (Å²) in [6.07, 6.45) is 37.7. The van der Waals surface area contributed by atoms with Gasteiger partial charge >= 0.3 is 19.8 Å². The topological polar surface area (TPSA) is 134 Å². The number of hydrogen-bond donors (Lipinski definition) is 2. The van der Waals surface area contributed by atoms with E-state index in [9.17, 15) is 19.0 Å². The van der Waals surface area contributed by atoms with E-state index in [1.807, 2.05) is 0 Å². The first-order chi connectivity index (χ1) is 24.3. The van der Waals surface area contributed by atoms with Gasteiger partial charge in [-0.3, -0.25) is 18.6 Å². The summed E-state index contributed by atoms with van der Waals surface area (Å²) in [7, 11) is -4.37. The van der Waals surface area contributed by atoms with Gasteiger partial charge in [0.15, 0.2) is 6.10 Å². The Morgan fingerprint density at radius 2 is 1.06 bits per heavy atom. The van der Waals surface area contributed by atoms with Gasteiger partial charge in [-0.05, 0) is 38.5 Å². The van der Waals surface area contributed by atoms with Crippen molar-refractivity contribution < 1.29 is 37.6 Å². The van der Waals surface area contributed by atoms with Gasteiger partial charge in [-0.2, -0.15) is 0 Å². The quantitative estimate of drug-likeness (QED) is 0.0275.